The lowest BCUT2D eigenvalue weighted by molar-refractivity contribution is 0.0593. The third-order valence-electron chi connectivity index (χ3n) is 1.63. The Balaban J connectivity index is 2.64. The van der Waals surface area contributed by atoms with Crippen LogP contribution in [0.4, 0.5) is 0 Å². The molecule has 0 aromatic carbocycles. The molecule has 0 saturated carbocycles. The minimum atomic E-state index is -0.553. The van der Waals surface area contributed by atoms with Crippen LogP contribution >= 0.6 is 11.6 Å². The molecule has 0 atom stereocenters. The topological polar surface area (TPSA) is 69.4 Å². The van der Waals surface area contributed by atoms with E-state index in [9.17, 15) is 4.79 Å². The number of carbonyl (C=O) groups is 1. The molecule has 0 aliphatic rings. The zero-order valence-corrected chi connectivity index (χ0v) is 7.89. The summed E-state index contributed by atoms with van der Waals surface area (Å²) in [6.45, 7) is 0. The van der Waals surface area contributed by atoms with E-state index in [0.717, 1.165) is 0 Å². The van der Waals surface area contributed by atoms with E-state index in [1.807, 2.05) is 0 Å². The molecule has 2 heterocycles. The molecule has 0 saturated heterocycles. The fourth-order valence-corrected chi connectivity index (χ4v) is 1.23. The van der Waals surface area contributed by atoms with E-state index in [1.165, 1.54) is 24.0 Å². The number of nitrogens with zero attached hydrogens (tertiary/aromatic N) is 4. The second-order valence-corrected chi connectivity index (χ2v) is 2.83. The number of aromatic nitrogens is 4. The Morgan fingerprint density at radius 1 is 1.64 bits per heavy atom. The highest BCUT2D eigenvalue weighted by Gasteiger charge is 2.12. The zero-order valence-electron chi connectivity index (χ0n) is 7.14. The predicted molar refractivity (Wildman–Crippen MR) is 47.1 cm³/mol. The van der Waals surface area contributed by atoms with Crippen molar-refractivity contribution in [1.29, 1.82) is 0 Å². The molecule has 0 amide bonds. The molecule has 0 spiro atoms. The smallest absolute Gasteiger partial charge is 0.358 e. The van der Waals surface area contributed by atoms with Gasteiger partial charge in [-0.2, -0.15) is 0 Å². The van der Waals surface area contributed by atoms with Crippen LogP contribution in [0, 0.1) is 0 Å². The lowest BCUT2D eigenvalue weighted by Gasteiger charge is -1.99. The van der Waals surface area contributed by atoms with Gasteiger partial charge in [-0.25, -0.2) is 9.78 Å². The summed E-state index contributed by atoms with van der Waals surface area (Å²) in [5, 5.41) is 7.45. The van der Waals surface area contributed by atoms with Crippen molar-refractivity contribution in [2.75, 3.05) is 7.11 Å². The van der Waals surface area contributed by atoms with Crippen LogP contribution in [-0.4, -0.2) is 32.7 Å². The lowest BCUT2D eigenvalue weighted by atomic mass is 10.4. The molecule has 0 radical (unpaired) electrons. The first-order chi connectivity index (χ1) is 6.72. The number of carbonyl (C=O) groups excluding carboxylic acids is 1. The summed E-state index contributed by atoms with van der Waals surface area (Å²) in [6, 6.07) is 0. The van der Waals surface area contributed by atoms with Gasteiger partial charge in [0.25, 0.3) is 0 Å². The fourth-order valence-electron chi connectivity index (χ4n) is 1.00. The Labute approximate surface area is 83.5 Å². The van der Waals surface area contributed by atoms with Gasteiger partial charge in [0, 0.05) is 6.20 Å². The van der Waals surface area contributed by atoms with E-state index in [1.54, 1.807) is 0 Å². The number of fused-ring (bicyclic) bond motifs is 1. The van der Waals surface area contributed by atoms with Crippen molar-refractivity contribution in [2.45, 2.75) is 0 Å². The van der Waals surface area contributed by atoms with Gasteiger partial charge in [0.15, 0.2) is 16.5 Å². The first-order valence-corrected chi connectivity index (χ1v) is 4.04. The van der Waals surface area contributed by atoms with E-state index in [2.05, 4.69) is 19.9 Å². The second kappa shape index (κ2) is 3.22. The van der Waals surface area contributed by atoms with Gasteiger partial charge in [0.2, 0.25) is 0 Å². The van der Waals surface area contributed by atoms with Crippen LogP contribution in [0.3, 0.4) is 0 Å². The second-order valence-electron chi connectivity index (χ2n) is 2.47. The molecular formula is C7H5ClN4O2. The normalized spacial score (nSPS) is 10.4. The number of hydrogen-bond acceptors (Lipinski definition) is 5. The van der Waals surface area contributed by atoms with Crippen molar-refractivity contribution in [3.8, 4) is 0 Å². The molecule has 14 heavy (non-hydrogen) atoms. The number of rotatable bonds is 1. The number of methoxy groups -OCH3 is 1. The van der Waals surface area contributed by atoms with Gasteiger partial charge in [-0.1, -0.05) is 11.6 Å². The van der Waals surface area contributed by atoms with Crippen molar-refractivity contribution in [1.82, 2.24) is 19.6 Å². The third-order valence-corrected chi connectivity index (χ3v) is 1.89. The van der Waals surface area contributed by atoms with Crippen LogP contribution in [0.5, 0.6) is 0 Å². The van der Waals surface area contributed by atoms with Gasteiger partial charge in [-0.3, -0.25) is 4.40 Å². The van der Waals surface area contributed by atoms with Crippen LogP contribution in [0.1, 0.15) is 10.5 Å². The summed E-state index contributed by atoms with van der Waals surface area (Å²) in [4.78, 5) is 14.9. The van der Waals surface area contributed by atoms with Gasteiger partial charge in [-0.05, 0) is 0 Å². The number of hydrogen-bond donors (Lipinski definition) is 0. The van der Waals surface area contributed by atoms with Gasteiger partial charge < -0.3 is 4.74 Å². The van der Waals surface area contributed by atoms with Gasteiger partial charge >= 0.3 is 5.97 Å². The van der Waals surface area contributed by atoms with Crippen molar-refractivity contribution >= 4 is 23.2 Å². The number of halogens is 1. The maximum Gasteiger partial charge on any atom is 0.358 e. The van der Waals surface area contributed by atoms with Crippen LogP contribution in [0.2, 0.25) is 5.15 Å². The van der Waals surface area contributed by atoms with Gasteiger partial charge in [0.1, 0.15) is 6.33 Å². The van der Waals surface area contributed by atoms with Crippen molar-refractivity contribution in [2.24, 2.45) is 0 Å². The van der Waals surface area contributed by atoms with E-state index in [-0.39, 0.29) is 10.8 Å². The SMILES string of the molecule is COC(=O)c1cn2cnnc2c(Cl)n1. The minimum absolute atomic E-state index is 0.116. The molecule has 7 heteroatoms. The predicted octanol–water partition coefficient (Wildman–Crippen LogP) is 0.564. The van der Waals surface area contributed by atoms with Crippen molar-refractivity contribution in [3.63, 3.8) is 0 Å². The van der Waals surface area contributed by atoms with Crippen LogP contribution in [0.15, 0.2) is 12.5 Å². The number of esters is 1. The maximum atomic E-state index is 11.1. The molecule has 0 N–H and O–H groups in total. The highest BCUT2D eigenvalue weighted by molar-refractivity contribution is 6.32. The van der Waals surface area contributed by atoms with Crippen molar-refractivity contribution < 1.29 is 9.53 Å². The summed E-state index contributed by atoms with van der Waals surface area (Å²) in [6.07, 6.45) is 2.88. The lowest BCUT2D eigenvalue weighted by Crippen LogP contribution is -2.06. The zero-order chi connectivity index (χ0) is 10.1. The monoisotopic (exact) mass is 212 g/mol. The number of ether oxygens (including phenoxy) is 1. The van der Waals surface area contributed by atoms with E-state index >= 15 is 0 Å². The quantitative estimate of drug-likeness (QED) is 0.647. The Bertz CT molecular complexity index is 495. The molecule has 2 aromatic rings. The van der Waals surface area contributed by atoms with Gasteiger partial charge in [0.05, 0.1) is 7.11 Å². The molecule has 0 unspecified atom stereocenters. The summed E-state index contributed by atoms with van der Waals surface area (Å²) in [5.74, 6) is -0.553. The van der Waals surface area contributed by atoms with E-state index < -0.39 is 5.97 Å². The molecule has 0 fully saturated rings. The molecule has 72 valence electrons. The summed E-state index contributed by atoms with van der Waals surface area (Å²) >= 11 is 5.76. The van der Waals surface area contributed by atoms with E-state index in [0.29, 0.717) is 5.65 Å². The Hall–Kier alpha value is -1.69. The first kappa shape index (κ1) is 8.89. The third kappa shape index (κ3) is 1.29. The average molecular weight is 213 g/mol. The van der Waals surface area contributed by atoms with Crippen molar-refractivity contribution in [3.05, 3.63) is 23.4 Å². The Morgan fingerprint density at radius 3 is 3.14 bits per heavy atom. The molecule has 6 nitrogen and oxygen atoms in total. The molecule has 0 bridgehead atoms. The van der Waals surface area contributed by atoms with Gasteiger partial charge in [-0.15, -0.1) is 10.2 Å². The summed E-state index contributed by atoms with van der Waals surface area (Å²) < 4.78 is 6.00. The molecule has 2 aromatic heterocycles. The maximum absolute atomic E-state index is 11.1. The average Bonchev–Trinajstić information content (AvgIpc) is 2.64. The summed E-state index contributed by atoms with van der Waals surface area (Å²) in [7, 11) is 1.27. The molecule has 0 aliphatic carbocycles. The molecule has 2 rings (SSSR count). The highest BCUT2D eigenvalue weighted by Crippen LogP contribution is 2.12. The molecular weight excluding hydrogens is 208 g/mol. The minimum Gasteiger partial charge on any atom is -0.464 e. The first-order valence-electron chi connectivity index (χ1n) is 3.66. The molecule has 0 aliphatic heterocycles. The standard InChI is InChI=1S/C7H5ClN4O2/c1-14-7(13)4-2-12-3-9-11-6(12)5(8)10-4/h2-3H,1H3. The summed E-state index contributed by atoms with van der Waals surface area (Å²) in [5.41, 5.74) is 0.518. The highest BCUT2D eigenvalue weighted by atomic mass is 35.5. The van der Waals surface area contributed by atoms with Crippen LogP contribution in [-0.2, 0) is 4.74 Å². The Kier molecular flexibility index (Phi) is 2.05. The Morgan fingerprint density at radius 2 is 2.43 bits per heavy atom. The largest absolute Gasteiger partial charge is 0.464 e. The van der Waals surface area contributed by atoms with Crippen LogP contribution in [0.25, 0.3) is 5.65 Å². The fraction of sp³-hybridized carbons (Fsp3) is 0.143. The van der Waals surface area contributed by atoms with Crippen LogP contribution < -0.4 is 0 Å². The van der Waals surface area contributed by atoms with E-state index in [4.69, 9.17) is 11.6 Å².